The van der Waals surface area contributed by atoms with Crippen molar-refractivity contribution in [3.63, 3.8) is 0 Å². The number of ether oxygens (including phenoxy) is 1. The van der Waals surface area contributed by atoms with Gasteiger partial charge in [-0.2, -0.15) is 9.40 Å². The minimum atomic E-state index is -3.52. The zero-order valence-electron chi connectivity index (χ0n) is 14.3. The molecule has 2 aliphatic rings. The van der Waals surface area contributed by atoms with E-state index in [0.29, 0.717) is 39.4 Å². The molecule has 0 spiro atoms. The van der Waals surface area contributed by atoms with Gasteiger partial charge in [-0.05, 0) is 0 Å². The molecule has 0 bridgehead atoms. The Bertz CT molecular complexity index is 829. The van der Waals surface area contributed by atoms with Gasteiger partial charge in [0.05, 0.1) is 37.6 Å². The maximum Gasteiger partial charge on any atom is 0.260 e. The third-order valence-electron chi connectivity index (χ3n) is 4.66. The second kappa shape index (κ2) is 7.17. The molecule has 0 unspecified atom stereocenters. The van der Waals surface area contributed by atoms with E-state index in [1.54, 1.807) is 6.20 Å². The normalized spacial score (nSPS) is 19.7. The minimum Gasteiger partial charge on any atom is -0.378 e. The number of nitrogens with zero attached hydrogens (tertiary/aromatic N) is 6. The Morgan fingerprint density at radius 1 is 1.00 bits per heavy atom. The lowest BCUT2D eigenvalue weighted by Crippen LogP contribution is -2.49. The number of H-pyrrole nitrogens is 1. The van der Waals surface area contributed by atoms with E-state index in [0.717, 1.165) is 24.6 Å². The van der Waals surface area contributed by atoms with Crippen molar-refractivity contribution in [2.45, 2.75) is 5.03 Å². The Labute approximate surface area is 151 Å². The predicted molar refractivity (Wildman–Crippen MR) is 94.6 cm³/mol. The van der Waals surface area contributed by atoms with Gasteiger partial charge in [0.25, 0.3) is 10.0 Å². The van der Waals surface area contributed by atoms with Crippen molar-refractivity contribution in [3.05, 3.63) is 24.8 Å². The summed E-state index contributed by atoms with van der Waals surface area (Å²) >= 11 is 0. The third-order valence-corrected chi connectivity index (χ3v) is 6.48. The van der Waals surface area contributed by atoms with Gasteiger partial charge in [0.1, 0.15) is 0 Å². The monoisotopic (exact) mass is 379 g/mol. The Kier molecular flexibility index (Phi) is 4.74. The van der Waals surface area contributed by atoms with E-state index in [9.17, 15) is 8.42 Å². The molecule has 2 aliphatic heterocycles. The highest BCUT2D eigenvalue weighted by molar-refractivity contribution is 7.89. The summed E-state index contributed by atoms with van der Waals surface area (Å²) in [4.78, 5) is 10.8. The first-order valence-electron chi connectivity index (χ1n) is 8.53. The van der Waals surface area contributed by atoms with Crippen LogP contribution in [0.3, 0.4) is 0 Å². The average Bonchev–Trinajstić information content (AvgIpc) is 3.25. The molecule has 2 fully saturated rings. The maximum atomic E-state index is 12.5. The fourth-order valence-electron chi connectivity index (χ4n) is 3.18. The van der Waals surface area contributed by atoms with Crippen LogP contribution in [0.4, 0.5) is 11.5 Å². The van der Waals surface area contributed by atoms with Gasteiger partial charge in [-0.25, -0.2) is 13.4 Å². The van der Waals surface area contributed by atoms with Crippen LogP contribution in [0, 0.1) is 0 Å². The highest BCUT2D eigenvalue weighted by Gasteiger charge is 2.30. The Morgan fingerprint density at radius 3 is 2.46 bits per heavy atom. The van der Waals surface area contributed by atoms with Crippen molar-refractivity contribution < 1.29 is 13.2 Å². The first kappa shape index (κ1) is 17.2. The summed E-state index contributed by atoms with van der Waals surface area (Å²) in [5, 5.41) is 8.48. The van der Waals surface area contributed by atoms with Crippen LogP contribution in [0.1, 0.15) is 0 Å². The Balaban J connectivity index is 1.43. The molecule has 1 N–H and O–H groups in total. The minimum absolute atomic E-state index is 0.125. The van der Waals surface area contributed by atoms with Gasteiger partial charge in [0.15, 0.2) is 10.8 Å². The van der Waals surface area contributed by atoms with Crippen molar-refractivity contribution in [2.75, 3.05) is 62.3 Å². The molecule has 2 saturated heterocycles. The Morgan fingerprint density at radius 2 is 1.77 bits per heavy atom. The van der Waals surface area contributed by atoms with Gasteiger partial charge in [-0.15, -0.1) is 5.10 Å². The highest BCUT2D eigenvalue weighted by atomic mass is 32.2. The van der Waals surface area contributed by atoms with Gasteiger partial charge in [-0.3, -0.25) is 0 Å². The van der Waals surface area contributed by atoms with Gasteiger partial charge >= 0.3 is 0 Å². The van der Waals surface area contributed by atoms with Crippen LogP contribution in [0.25, 0.3) is 0 Å². The number of anilines is 2. The van der Waals surface area contributed by atoms with Crippen LogP contribution in [0.5, 0.6) is 0 Å². The fraction of sp³-hybridized carbons (Fsp3) is 0.533. The Hall–Kier alpha value is -2.24. The fourth-order valence-corrected chi connectivity index (χ4v) is 4.49. The number of aromatic amines is 1. The lowest BCUT2D eigenvalue weighted by Gasteiger charge is -2.34. The number of imidazole rings is 1. The standard InChI is InChI=1S/C15H21N7O3S/c23-26(24,15-11-16-12-17-15)22-3-1-21(2-4-22)14-9-13(10-18-19-14)20-5-7-25-8-6-20/h9-12H,1-8H2,(H,16,17). The number of hydrogen-bond donors (Lipinski definition) is 1. The molecule has 0 atom stereocenters. The topological polar surface area (TPSA) is 108 Å². The molecule has 4 heterocycles. The zero-order chi connectivity index (χ0) is 18.0. The summed E-state index contributed by atoms with van der Waals surface area (Å²) in [6, 6.07) is 2.01. The summed E-state index contributed by atoms with van der Waals surface area (Å²) in [7, 11) is -3.52. The highest BCUT2D eigenvalue weighted by Crippen LogP contribution is 2.22. The van der Waals surface area contributed by atoms with Crippen LogP contribution < -0.4 is 9.80 Å². The van der Waals surface area contributed by atoms with Crippen molar-refractivity contribution in [3.8, 4) is 0 Å². The van der Waals surface area contributed by atoms with Crippen LogP contribution >= 0.6 is 0 Å². The molecule has 140 valence electrons. The quantitative estimate of drug-likeness (QED) is 0.761. The van der Waals surface area contributed by atoms with Crippen LogP contribution in [-0.2, 0) is 14.8 Å². The van der Waals surface area contributed by atoms with Crippen molar-refractivity contribution in [1.82, 2.24) is 24.5 Å². The van der Waals surface area contributed by atoms with E-state index < -0.39 is 10.0 Å². The number of piperazine rings is 1. The molecule has 4 rings (SSSR count). The SMILES string of the molecule is O=S(=O)(c1cnc[nH]1)N1CCN(c2cc(N3CCOCC3)cnn2)CC1. The van der Waals surface area contributed by atoms with Crippen LogP contribution in [0.2, 0.25) is 0 Å². The molecule has 11 heteroatoms. The van der Waals surface area contributed by atoms with Crippen molar-refractivity contribution in [1.29, 1.82) is 0 Å². The first-order valence-corrected chi connectivity index (χ1v) is 9.97. The van der Waals surface area contributed by atoms with E-state index in [4.69, 9.17) is 4.74 Å². The molecule has 0 saturated carbocycles. The van der Waals surface area contributed by atoms with Gasteiger partial charge in [0, 0.05) is 45.3 Å². The van der Waals surface area contributed by atoms with E-state index in [-0.39, 0.29) is 5.03 Å². The average molecular weight is 379 g/mol. The van der Waals surface area contributed by atoms with Crippen LogP contribution in [-0.4, -0.2) is 85.4 Å². The lowest BCUT2D eigenvalue weighted by molar-refractivity contribution is 0.122. The summed E-state index contributed by atoms with van der Waals surface area (Å²) in [6.07, 6.45) is 4.46. The van der Waals surface area contributed by atoms with E-state index >= 15 is 0 Å². The van der Waals surface area contributed by atoms with Gasteiger partial charge in [0.2, 0.25) is 0 Å². The number of sulfonamides is 1. The number of aromatic nitrogens is 4. The molecule has 0 aromatic carbocycles. The molecular formula is C15H21N7O3S. The summed E-state index contributed by atoms with van der Waals surface area (Å²) in [5.74, 6) is 0.771. The largest absolute Gasteiger partial charge is 0.378 e. The molecule has 0 amide bonds. The van der Waals surface area contributed by atoms with Crippen molar-refractivity contribution >= 4 is 21.5 Å². The smallest absolute Gasteiger partial charge is 0.260 e. The summed E-state index contributed by atoms with van der Waals surface area (Å²) < 4.78 is 31.9. The van der Waals surface area contributed by atoms with E-state index in [2.05, 4.69) is 30.0 Å². The number of morpholine rings is 1. The summed E-state index contributed by atoms with van der Waals surface area (Å²) in [6.45, 7) is 5.01. The van der Waals surface area contributed by atoms with Crippen LogP contribution in [0.15, 0.2) is 29.8 Å². The molecule has 0 radical (unpaired) electrons. The number of hydrogen-bond acceptors (Lipinski definition) is 8. The second-order valence-electron chi connectivity index (χ2n) is 6.18. The van der Waals surface area contributed by atoms with Gasteiger partial charge in [-0.1, -0.05) is 0 Å². The number of nitrogens with one attached hydrogen (secondary N) is 1. The first-order chi connectivity index (χ1) is 12.6. The molecule has 2 aromatic heterocycles. The number of rotatable bonds is 4. The second-order valence-corrected chi connectivity index (χ2v) is 8.08. The lowest BCUT2D eigenvalue weighted by atomic mass is 10.3. The molecule has 0 aliphatic carbocycles. The summed E-state index contributed by atoms with van der Waals surface area (Å²) in [5.41, 5.74) is 1.02. The molecule has 2 aromatic rings. The van der Waals surface area contributed by atoms with E-state index in [1.165, 1.54) is 16.8 Å². The van der Waals surface area contributed by atoms with Crippen molar-refractivity contribution in [2.24, 2.45) is 0 Å². The molecular weight excluding hydrogens is 358 g/mol. The zero-order valence-corrected chi connectivity index (χ0v) is 15.1. The third kappa shape index (κ3) is 3.37. The maximum absolute atomic E-state index is 12.5. The van der Waals surface area contributed by atoms with E-state index in [1.807, 2.05) is 6.07 Å². The predicted octanol–water partition coefficient (Wildman–Crippen LogP) is -0.453. The molecule has 26 heavy (non-hydrogen) atoms. The van der Waals surface area contributed by atoms with Gasteiger partial charge < -0.3 is 19.5 Å². The molecule has 10 nitrogen and oxygen atoms in total.